The van der Waals surface area contributed by atoms with Gasteiger partial charge in [0.25, 0.3) is 5.91 Å². The van der Waals surface area contributed by atoms with E-state index in [1.807, 2.05) is 42.2 Å². The van der Waals surface area contributed by atoms with Crippen LogP contribution in [0.5, 0.6) is 0 Å². The summed E-state index contributed by atoms with van der Waals surface area (Å²) in [5.41, 5.74) is 1.85. The summed E-state index contributed by atoms with van der Waals surface area (Å²) in [6, 6.07) is 10.4. The number of nitrogens with zero attached hydrogens (tertiary/aromatic N) is 2. The summed E-state index contributed by atoms with van der Waals surface area (Å²) in [5, 5.41) is 4.08. The number of aryl methyl sites for hydroxylation is 1. The molecule has 2 amide bonds. The molecule has 1 aromatic heterocycles. The number of piperidine rings is 1. The Morgan fingerprint density at radius 3 is 2.48 bits per heavy atom. The Labute approximate surface area is 176 Å². The summed E-state index contributed by atoms with van der Waals surface area (Å²) in [6.45, 7) is 3.35. The van der Waals surface area contributed by atoms with Gasteiger partial charge in [-0.25, -0.2) is 4.98 Å². The van der Waals surface area contributed by atoms with Crippen molar-refractivity contribution < 1.29 is 9.59 Å². The summed E-state index contributed by atoms with van der Waals surface area (Å²) in [7, 11) is 0. The molecule has 2 heterocycles. The average molecular weight is 412 g/mol. The minimum atomic E-state index is 0.0797. The lowest BCUT2D eigenvalue weighted by atomic mass is 9.93. The molecule has 0 spiro atoms. The van der Waals surface area contributed by atoms with Crippen LogP contribution in [-0.4, -0.2) is 40.8 Å². The van der Waals surface area contributed by atoms with Crippen LogP contribution in [0, 0.1) is 12.8 Å². The molecule has 6 heteroatoms. The first kappa shape index (κ1) is 20.1. The van der Waals surface area contributed by atoms with Crippen LogP contribution in [0.3, 0.4) is 0 Å². The molecule has 4 rings (SSSR count). The standard InChI is InChI=1S/C23H29N3O2S/c1-16-21(29-22(24-16)18-7-3-2-4-8-18)23(28)26-13-11-17(12-14-26)15-20(27)25-19-9-5-6-10-19/h2-4,7-8,17,19H,5-6,9-15H2,1H3,(H,25,27). The molecule has 29 heavy (non-hydrogen) atoms. The quantitative estimate of drug-likeness (QED) is 0.792. The SMILES string of the molecule is Cc1nc(-c2ccccc2)sc1C(=O)N1CCC(CC(=O)NC2CCCC2)CC1. The molecule has 0 radical (unpaired) electrons. The van der Waals surface area contributed by atoms with Crippen LogP contribution < -0.4 is 5.32 Å². The molecular weight excluding hydrogens is 382 g/mol. The maximum absolute atomic E-state index is 13.0. The number of likely N-dealkylation sites (tertiary alicyclic amines) is 1. The first-order valence-corrected chi connectivity index (χ1v) is 11.5. The number of nitrogens with one attached hydrogen (secondary N) is 1. The molecule has 154 valence electrons. The van der Waals surface area contributed by atoms with Gasteiger partial charge in [0.15, 0.2) is 0 Å². The molecule has 2 aliphatic rings. The normalized spacial score (nSPS) is 18.2. The summed E-state index contributed by atoms with van der Waals surface area (Å²) in [5.74, 6) is 0.645. The molecule has 1 N–H and O–H groups in total. The Bertz CT molecular complexity index is 850. The smallest absolute Gasteiger partial charge is 0.265 e. The number of aromatic nitrogens is 1. The Balaban J connectivity index is 1.31. The Morgan fingerprint density at radius 1 is 1.10 bits per heavy atom. The van der Waals surface area contributed by atoms with E-state index in [2.05, 4.69) is 10.3 Å². The van der Waals surface area contributed by atoms with Crippen molar-refractivity contribution in [3.63, 3.8) is 0 Å². The molecule has 0 unspecified atom stereocenters. The van der Waals surface area contributed by atoms with Gasteiger partial charge in [-0.3, -0.25) is 9.59 Å². The summed E-state index contributed by atoms with van der Waals surface area (Å²) in [6.07, 6.45) is 7.09. The van der Waals surface area contributed by atoms with Gasteiger partial charge in [-0.05, 0) is 38.5 Å². The van der Waals surface area contributed by atoms with Gasteiger partial charge in [0.1, 0.15) is 9.88 Å². The second-order valence-corrected chi connectivity index (χ2v) is 9.29. The fourth-order valence-corrected chi connectivity index (χ4v) is 5.44. The van der Waals surface area contributed by atoms with E-state index in [9.17, 15) is 9.59 Å². The monoisotopic (exact) mass is 411 g/mol. The lowest BCUT2D eigenvalue weighted by Gasteiger charge is -2.31. The van der Waals surface area contributed by atoms with Crippen LogP contribution in [0.1, 0.15) is 60.3 Å². The first-order valence-electron chi connectivity index (χ1n) is 10.7. The van der Waals surface area contributed by atoms with Gasteiger partial charge >= 0.3 is 0 Å². The van der Waals surface area contributed by atoms with E-state index >= 15 is 0 Å². The molecule has 1 aliphatic carbocycles. The molecule has 1 aromatic carbocycles. The highest BCUT2D eigenvalue weighted by atomic mass is 32.1. The number of benzene rings is 1. The van der Waals surface area contributed by atoms with Crippen molar-refractivity contribution in [1.82, 2.24) is 15.2 Å². The number of hydrogen-bond acceptors (Lipinski definition) is 4. The van der Waals surface area contributed by atoms with Crippen molar-refractivity contribution in [3.05, 3.63) is 40.9 Å². The highest BCUT2D eigenvalue weighted by Gasteiger charge is 2.28. The van der Waals surface area contributed by atoms with E-state index < -0.39 is 0 Å². The highest BCUT2D eigenvalue weighted by Crippen LogP contribution is 2.30. The molecule has 1 saturated carbocycles. The van der Waals surface area contributed by atoms with Crippen LogP contribution in [-0.2, 0) is 4.79 Å². The predicted molar refractivity (Wildman–Crippen MR) is 116 cm³/mol. The van der Waals surface area contributed by atoms with Gasteiger partial charge in [0.05, 0.1) is 5.69 Å². The molecule has 1 saturated heterocycles. The zero-order chi connectivity index (χ0) is 20.2. The Morgan fingerprint density at radius 2 is 1.79 bits per heavy atom. The maximum Gasteiger partial charge on any atom is 0.265 e. The fourth-order valence-electron chi connectivity index (χ4n) is 4.40. The van der Waals surface area contributed by atoms with E-state index in [1.165, 1.54) is 24.2 Å². The zero-order valence-electron chi connectivity index (χ0n) is 17.0. The molecule has 1 aliphatic heterocycles. The molecule has 0 bridgehead atoms. The van der Waals surface area contributed by atoms with Crippen LogP contribution in [0.4, 0.5) is 0 Å². The molecule has 5 nitrogen and oxygen atoms in total. The highest BCUT2D eigenvalue weighted by molar-refractivity contribution is 7.17. The summed E-state index contributed by atoms with van der Waals surface area (Å²) in [4.78, 5) is 32.6. The minimum Gasteiger partial charge on any atom is -0.353 e. The number of amides is 2. The number of hydrogen-bond donors (Lipinski definition) is 1. The van der Waals surface area contributed by atoms with Crippen LogP contribution >= 0.6 is 11.3 Å². The predicted octanol–water partition coefficient (Wildman–Crippen LogP) is 4.42. The average Bonchev–Trinajstić information content (AvgIpc) is 3.38. The van der Waals surface area contributed by atoms with Crippen molar-refractivity contribution in [2.24, 2.45) is 5.92 Å². The minimum absolute atomic E-state index is 0.0797. The van der Waals surface area contributed by atoms with Gasteiger partial charge in [-0.1, -0.05) is 43.2 Å². The molecule has 2 fully saturated rings. The zero-order valence-corrected chi connectivity index (χ0v) is 17.8. The molecular formula is C23H29N3O2S. The lowest BCUT2D eigenvalue weighted by molar-refractivity contribution is -0.123. The molecule has 0 atom stereocenters. The van der Waals surface area contributed by atoms with Crippen molar-refractivity contribution in [3.8, 4) is 10.6 Å². The number of rotatable bonds is 5. The van der Waals surface area contributed by atoms with E-state index in [0.29, 0.717) is 18.4 Å². The van der Waals surface area contributed by atoms with Crippen molar-refractivity contribution in [1.29, 1.82) is 0 Å². The Hall–Kier alpha value is -2.21. The van der Waals surface area contributed by atoms with E-state index in [0.717, 1.165) is 59.9 Å². The lowest BCUT2D eigenvalue weighted by Crippen LogP contribution is -2.40. The van der Waals surface area contributed by atoms with Gasteiger partial charge in [0.2, 0.25) is 5.91 Å². The Kier molecular flexibility index (Phi) is 6.28. The van der Waals surface area contributed by atoms with Gasteiger partial charge in [-0.2, -0.15) is 0 Å². The summed E-state index contributed by atoms with van der Waals surface area (Å²) >= 11 is 1.48. The van der Waals surface area contributed by atoms with Gasteiger partial charge in [0, 0.05) is 31.1 Å². The second-order valence-electron chi connectivity index (χ2n) is 8.29. The largest absolute Gasteiger partial charge is 0.353 e. The topological polar surface area (TPSA) is 62.3 Å². The van der Waals surface area contributed by atoms with Crippen LogP contribution in [0.25, 0.3) is 10.6 Å². The maximum atomic E-state index is 13.0. The van der Waals surface area contributed by atoms with E-state index in [4.69, 9.17) is 0 Å². The van der Waals surface area contributed by atoms with Crippen LogP contribution in [0.2, 0.25) is 0 Å². The number of carbonyl (C=O) groups is 2. The summed E-state index contributed by atoms with van der Waals surface area (Å²) < 4.78 is 0. The third-order valence-electron chi connectivity index (χ3n) is 6.11. The first-order chi connectivity index (χ1) is 14.1. The van der Waals surface area contributed by atoms with Gasteiger partial charge < -0.3 is 10.2 Å². The second kappa shape index (κ2) is 9.08. The van der Waals surface area contributed by atoms with E-state index in [-0.39, 0.29) is 11.8 Å². The number of thiazole rings is 1. The van der Waals surface area contributed by atoms with Gasteiger partial charge in [-0.15, -0.1) is 11.3 Å². The van der Waals surface area contributed by atoms with E-state index in [1.54, 1.807) is 0 Å². The van der Waals surface area contributed by atoms with Crippen molar-refractivity contribution >= 4 is 23.2 Å². The van der Waals surface area contributed by atoms with Crippen molar-refractivity contribution in [2.75, 3.05) is 13.1 Å². The number of carbonyl (C=O) groups excluding carboxylic acids is 2. The van der Waals surface area contributed by atoms with Crippen molar-refractivity contribution in [2.45, 2.75) is 57.9 Å². The van der Waals surface area contributed by atoms with Crippen LogP contribution in [0.15, 0.2) is 30.3 Å². The fraction of sp³-hybridized carbons (Fsp3) is 0.522. The third kappa shape index (κ3) is 4.86. The molecule has 2 aromatic rings. The third-order valence-corrected chi connectivity index (χ3v) is 7.30.